The smallest absolute Gasteiger partial charge is 0.315 e. The molecule has 2 aromatic heterocycles. The van der Waals surface area contributed by atoms with Gasteiger partial charge in [0.1, 0.15) is 11.4 Å². The number of aromatic nitrogens is 3. The van der Waals surface area contributed by atoms with Gasteiger partial charge in [-0.1, -0.05) is 0 Å². The van der Waals surface area contributed by atoms with Crippen LogP contribution in [0.4, 0.5) is 40.8 Å². The minimum Gasteiger partial charge on any atom is -0.315 e. The third-order valence-electron chi connectivity index (χ3n) is 4.41. The van der Waals surface area contributed by atoms with E-state index in [9.17, 15) is 39.9 Å². The van der Waals surface area contributed by atoms with Crippen molar-refractivity contribution in [3.63, 3.8) is 0 Å². The van der Waals surface area contributed by atoms with E-state index in [0.717, 1.165) is 12.1 Å². The van der Waals surface area contributed by atoms with Crippen LogP contribution in [-0.2, 0) is 6.18 Å². The monoisotopic (exact) mass is 436 g/mol. The van der Waals surface area contributed by atoms with Gasteiger partial charge < -0.3 is 5.32 Å². The molecule has 1 aromatic carbocycles. The van der Waals surface area contributed by atoms with Gasteiger partial charge in [-0.15, -0.1) is 0 Å². The number of anilines is 1. The van der Waals surface area contributed by atoms with Crippen LogP contribution in [0.1, 0.15) is 40.6 Å². The number of benzene rings is 1. The quantitative estimate of drug-likeness (QED) is 0.372. The summed E-state index contributed by atoms with van der Waals surface area (Å²) in [4.78, 5) is 16.2. The van der Waals surface area contributed by atoms with Crippen LogP contribution in [0.15, 0.2) is 12.1 Å². The first-order valence-electron chi connectivity index (χ1n) is 8.29. The molecule has 1 saturated carbocycles. The summed E-state index contributed by atoms with van der Waals surface area (Å²) in [5.41, 5.74) is -3.89. The van der Waals surface area contributed by atoms with Crippen molar-refractivity contribution >= 4 is 17.2 Å². The minimum absolute atomic E-state index is 0.140. The van der Waals surface area contributed by atoms with Crippen LogP contribution in [0, 0.1) is 29.1 Å². The maximum absolute atomic E-state index is 13.7. The van der Waals surface area contributed by atoms with Gasteiger partial charge in [-0.25, -0.2) is 31.5 Å². The molecule has 3 aromatic rings. The lowest BCUT2D eigenvalue weighted by molar-refractivity contribution is -0.142. The Morgan fingerprint density at radius 3 is 2.07 bits per heavy atom. The summed E-state index contributed by atoms with van der Waals surface area (Å²) in [7, 11) is 0. The Morgan fingerprint density at radius 2 is 1.53 bits per heavy atom. The van der Waals surface area contributed by atoms with Crippen molar-refractivity contribution in [3.05, 3.63) is 58.3 Å². The van der Waals surface area contributed by atoms with Gasteiger partial charge in [0.05, 0.1) is 0 Å². The summed E-state index contributed by atoms with van der Waals surface area (Å²) in [6.07, 6.45) is -3.57. The lowest BCUT2D eigenvalue weighted by Crippen LogP contribution is -2.18. The fourth-order valence-corrected chi connectivity index (χ4v) is 2.79. The molecule has 1 aliphatic carbocycles. The first-order chi connectivity index (χ1) is 14.0. The summed E-state index contributed by atoms with van der Waals surface area (Å²) in [6.45, 7) is 0. The molecule has 0 bridgehead atoms. The van der Waals surface area contributed by atoms with Crippen LogP contribution >= 0.6 is 0 Å². The molecular formula is C17H8F8N4O. The zero-order valence-electron chi connectivity index (χ0n) is 14.4. The number of alkyl halides is 3. The molecule has 13 heteroatoms. The van der Waals surface area contributed by atoms with Crippen LogP contribution in [0.2, 0.25) is 0 Å². The first kappa shape index (κ1) is 20.0. The van der Waals surface area contributed by atoms with E-state index in [-0.39, 0.29) is 17.3 Å². The third-order valence-corrected chi connectivity index (χ3v) is 4.41. The van der Waals surface area contributed by atoms with Crippen molar-refractivity contribution in [1.29, 1.82) is 0 Å². The summed E-state index contributed by atoms with van der Waals surface area (Å²) in [5, 5.41) is 4.89. The SMILES string of the molecule is O=C(Nc1c(F)c(F)c(F)c(F)c1F)c1cc2nc(C3CC3)cc(C(F)(F)F)n2n1. The van der Waals surface area contributed by atoms with E-state index in [4.69, 9.17) is 0 Å². The molecule has 0 atom stereocenters. The Balaban J connectivity index is 1.77. The Labute approximate surface area is 161 Å². The number of amides is 1. The normalized spacial score (nSPS) is 14.4. The van der Waals surface area contributed by atoms with Gasteiger partial charge >= 0.3 is 6.18 Å². The van der Waals surface area contributed by atoms with E-state index < -0.39 is 58.2 Å². The highest BCUT2D eigenvalue weighted by atomic mass is 19.4. The Hall–Kier alpha value is -3.25. The molecule has 1 aliphatic rings. The fourth-order valence-electron chi connectivity index (χ4n) is 2.79. The molecule has 4 rings (SSSR count). The molecule has 1 N–H and O–H groups in total. The molecule has 0 saturated heterocycles. The number of halogens is 8. The van der Waals surface area contributed by atoms with Crippen molar-refractivity contribution in [2.75, 3.05) is 5.32 Å². The van der Waals surface area contributed by atoms with E-state index in [1.807, 2.05) is 0 Å². The third kappa shape index (κ3) is 3.23. The van der Waals surface area contributed by atoms with Gasteiger partial charge in [-0.05, 0) is 18.9 Å². The number of hydrogen-bond acceptors (Lipinski definition) is 3. The molecule has 0 aliphatic heterocycles. The van der Waals surface area contributed by atoms with Crippen molar-refractivity contribution in [2.45, 2.75) is 24.9 Å². The molecule has 0 spiro atoms. The standard InChI is InChI=1S/C17H8F8N4O/c18-10-11(19)13(21)15(14(22)12(10)20)27-16(30)7-4-9-26-6(5-1-2-5)3-8(17(23,24)25)29(9)28-7/h3-5H,1-2H2,(H,27,30). The van der Waals surface area contributed by atoms with Crippen LogP contribution in [0.5, 0.6) is 0 Å². The predicted molar refractivity (Wildman–Crippen MR) is 84.1 cm³/mol. The average molecular weight is 436 g/mol. The van der Waals surface area contributed by atoms with Crippen molar-refractivity contribution in [2.24, 2.45) is 0 Å². The average Bonchev–Trinajstić information content (AvgIpc) is 3.45. The maximum atomic E-state index is 13.7. The molecule has 0 unspecified atom stereocenters. The highest BCUT2D eigenvalue weighted by Crippen LogP contribution is 2.41. The summed E-state index contributed by atoms with van der Waals surface area (Å²) >= 11 is 0. The largest absolute Gasteiger partial charge is 0.433 e. The zero-order valence-corrected chi connectivity index (χ0v) is 14.4. The molecular weight excluding hydrogens is 428 g/mol. The van der Waals surface area contributed by atoms with E-state index in [1.54, 1.807) is 0 Å². The second-order valence-corrected chi connectivity index (χ2v) is 6.54. The van der Waals surface area contributed by atoms with E-state index >= 15 is 0 Å². The number of carbonyl (C=O) groups is 1. The summed E-state index contributed by atoms with van der Waals surface area (Å²) in [5.74, 6) is -13.3. The topological polar surface area (TPSA) is 59.3 Å². The van der Waals surface area contributed by atoms with Gasteiger partial charge in [0.25, 0.3) is 5.91 Å². The zero-order chi connectivity index (χ0) is 22.0. The lowest BCUT2D eigenvalue weighted by Gasteiger charge is -2.10. The van der Waals surface area contributed by atoms with Gasteiger partial charge in [-0.2, -0.15) is 18.3 Å². The highest BCUT2D eigenvalue weighted by molar-refractivity contribution is 6.03. The molecule has 0 radical (unpaired) electrons. The summed E-state index contributed by atoms with van der Waals surface area (Å²) in [6, 6.07) is 1.59. The Bertz CT molecular complexity index is 1170. The van der Waals surface area contributed by atoms with Gasteiger partial charge in [0, 0.05) is 17.7 Å². The van der Waals surface area contributed by atoms with Gasteiger partial charge in [0.15, 0.2) is 34.6 Å². The van der Waals surface area contributed by atoms with Crippen molar-refractivity contribution in [1.82, 2.24) is 14.6 Å². The Morgan fingerprint density at radius 1 is 0.967 bits per heavy atom. The number of rotatable bonds is 3. The highest BCUT2D eigenvalue weighted by Gasteiger charge is 2.37. The van der Waals surface area contributed by atoms with Gasteiger partial charge in [0.2, 0.25) is 5.82 Å². The van der Waals surface area contributed by atoms with Crippen LogP contribution in [-0.4, -0.2) is 20.5 Å². The van der Waals surface area contributed by atoms with Crippen LogP contribution in [0.25, 0.3) is 5.65 Å². The van der Waals surface area contributed by atoms with Crippen molar-refractivity contribution < 1.29 is 39.9 Å². The number of fused-ring (bicyclic) bond motifs is 1. The predicted octanol–water partition coefficient (Wildman–Crippen LogP) is 4.57. The molecule has 5 nitrogen and oxygen atoms in total. The number of hydrogen-bond donors (Lipinski definition) is 1. The van der Waals surface area contributed by atoms with E-state index in [2.05, 4.69) is 10.1 Å². The summed E-state index contributed by atoms with van der Waals surface area (Å²) < 4.78 is 107. The second kappa shape index (κ2) is 6.64. The minimum atomic E-state index is -4.86. The number of nitrogens with one attached hydrogen (secondary N) is 1. The lowest BCUT2D eigenvalue weighted by atomic mass is 10.2. The maximum Gasteiger partial charge on any atom is 0.433 e. The van der Waals surface area contributed by atoms with Crippen molar-refractivity contribution in [3.8, 4) is 0 Å². The molecule has 30 heavy (non-hydrogen) atoms. The molecule has 1 amide bonds. The number of nitrogens with zero attached hydrogens (tertiary/aromatic N) is 3. The van der Waals surface area contributed by atoms with Crippen LogP contribution in [0.3, 0.4) is 0 Å². The second-order valence-electron chi connectivity index (χ2n) is 6.54. The van der Waals surface area contributed by atoms with Crippen LogP contribution < -0.4 is 5.32 Å². The molecule has 1 fully saturated rings. The molecule has 158 valence electrons. The fraction of sp³-hybridized carbons (Fsp3) is 0.235. The first-order valence-corrected chi connectivity index (χ1v) is 8.29. The Kier molecular flexibility index (Phi) is 4.43. The molecule has 2 heterocycles. The number of carbonyl (C=O) groups excluding carboxylic acids is 1. The van der Waals surface area contributed by atoms with Gasteiger partial charge in [-0.3, -0.25) is 4.79 Å². The van der Waals surface area contributed by atoms with E-state index in [0.29, 0.717) is 17.4 Å². The van der Waals surface area contributed by atoms with E-state index in [1.165, 1.54) is 5.32 Å².